The second kappa shape index (κ2) is 9.36. The summed E-state index contributed by atoms with van der Waals surface area (Å²) in [6, 6.07) is 11.9. The molecule has 31 heavy (non-hydrogen) atoms. The van der Waals surface area contributed by atoms with E-state index in [9.17, 15) is 9.18 Å². The van der Waals surface area contributed by atoms with E-state index in [4.69, 9.17) is 4.52 Å². The Morgan fingerprint density at radius 2 is 1.77 bits per heavy atom. The number of halogens is 1. The number of nitrogens with one attached hydrogen (secondary N) is 1. The van der Waals surface area contributed by atoms with Crippen molar-refractivity contribution in [2.75, 3.05) is 38.0 Å². The molecule has 1 aliphatic heterocycles. The first-order chi connectivity index (χ1) is 15.0. The molecule has 1 amide bonds. The number of rotatable bonds is 6. The normalized spacial score (nSPS) is 15.2. The number of hydrogen-bond donors (Lipinski definition) is 1. The minimum Gasteiger partial charge on any atom is -0.338 e. The second-order valence-corrected chi connectivity index (χ2v) is 7.87. The Hall–Kier alpha value is -3.10. The molecule has 3 aromatic rings. The van der Waals surface area contributed by atoms with Gasteiger partial charge < -0.3 is 9.84 Å². The SMILES string of the molecule is Cc1cccc(NC(=O)CN2CCN(Cc3nc(-c4ccc(F)cc4)no3)CC2)c1C. The van der Waals surface area contributed by atoms with Crippen LogP contribution < -0.4 is 5.32 Å². The highest BCUT2D eigenvalue weighted by Gasteiger charge is 2.21. The van der Waals surface area contributed by atoms with Gasteiger partial charge in [-0.1, -0.05) is 17.3 Å². The summed E-state index contributed by atoms with van der Waals surface area (Å²) in [6.07, 6.45) is 0. The molecule has 0 spiro atoms. The molecule has 0 aliphatic carbocycles. The quantitative estimate of drug-likeness (QED) is 0.656. The van der Waals surface area contributed by atoms with Crippen LogP contribution in [0.2, 0.25) is 0 Å². The summed E-state index contributed by atoms with van der Waals surface area (Å²) in [5.74, 6) is 0.688. The number of benzene rings is 2. The van der Waals surface area contributed by atoms with Crippen LogP contribution >= 0.6 is 0 Å². The lowest BCUT2D eigenvalue weighted by Gasteiger charge is -2.33. The summed E-state index contributed by atoms with van der Waals surface area (Å²) < 4.78 is 18.4. The zero-order valence-corrected chi connectivity index (χ0v) is 17.8. The van der Waals surface area contributed by atoms with Crippen LogP contribution in [0.1, 0.15) is 17.0 Å². The van der Waals surface area contributed by atoms with E-state index in [0.717, 1.165) is 48.6 Å². The largest absolute Gasteiger partial charge is 0.338 e. The van der Waals surface area contributed by atoms with Crippen LogP contribution in [0, 0.1) is 19.7 Å². The van der Waals surface area contributed by atoms with E-state index in [1.165, 1.54) is 12.1 Å². The zero-order valence-electron chi connectivity index (χ0n) is 17.8. The van der Waals surface area contributed by atoms with Gasteiger partial charge in [0.2, 0.25) is 17.6 Å². The van der Waals surface area contributed by atoms with Crippen LogP contribution in [0.5, 0.6) is 0 Å². The van der Waals surface area contributed by atoms with Gasteiger partial charge in [0.15, 0.2) is 0 Å². The van der Waals surface area contributed by atoms with Crippen LogP contribution in [0.25, 0.3) is 11.4 Å². The van der Waals surface area contributed by atoms with Crippen molar-refractivity contribution in [3.63, 3.8) is 0 Å². The molecule has 7 nitrogen and oxygen atoms in total. The summed E-state index contributed by atoms with van der Waals surface area (Å²) >= 11 is 0. The van der Waals surface area contributed by atoms with Crippen molar-refractivity contribution < 1.29 is 13.7 Å². The lowest BCUT2D eigenvalue weighted by molar-refractivity contribution is -0.117. The molecule has 0 bridgehead atoms. The van der Waals surface area contributed by atoms with E-state index in [-0.39, 0.29) is 11.7 Å². The molecule has 0 unspecified atom stereocenters. The molecule has 4 rings (SSSR count). The first kappa shape index (κ1) is 21.1. The average molecular weight is 423 g/mol. The fraction of sp³-hybridized carbons (Fsp3) is 0.348. The number of piperazine rings is 1. The molecule has 0 atom stereocenters. The number of anilines is 1. The molecular weight excluding hydrogens is 397 g/mol. The maximum absolute atomic E-state index is 13.1. The van der Waals surface area contributed by atoms with Gasteiger partial charge in [-0.25, -0.2) is 4.39 Å². The fourth-order valence-electron chi connectivity index (χ4n) is 3.61. The average Bonchev–Trinajstić information content (AvgIpc) is 3.22. The number of aryl methyl sites for hydroxylation is 1. The van der Waals surface area contributed by atoms with E-state index < -0.39 is 0 Å². The Morgan fingerprint density at radius 3 is 2.52 bits per heavy atom. The molecule has 1 aromatic heterocycles. The number of nitrogens with zero attached hydrogens (tertiary/aromatic N) is 4. The summed E-state index contributed by atoms with van der Waals surface area (Å²) in [5.41, 5.74) is 3.85. The number of aromatic nitrogens is 2. The predicted octanol–water partition coefficient (Wildman–Crippen LogP) is 3.25. The van der Waals surface area contributed by atoms with Gasteiger partial charge in [0.05, 0.1) is 13.1 Å². The van der Waals surface area contributed by atoms with E-state index >= 15 is 0 Å². The van der Waals surface area contributed by atoms with Crippen LogP contribution in [-0.2, 0) is 11.3 Å². The number of carbonyl (C=O) groups is 1. The van der Waals surface area contributed by atoms with E-state index in [2.05, 4.69) is 25.3 Å². The topological polar surface area (TPSA) is 74.5 Å². The summed E-state index contributed by atoms with van der Waals surface area (Å²) in [4.78, 5) is 21.2. The summed E-state index contributed by atoms with van der Waals surface area (Å²) in [7, 11) is 0. The van der Waals surface area contributed by atoms with Gasteiger partial charge in [-0.15, -0.1) is 0 Å². The van der Waals surface area contributed by atoms with Crippen LogP contribution in [-0.4, -0.2) is 58.6 Å². The maximum Gasteiger partial charge on any atom is 0.241 e. The monoisotopic (exact) mass is 423 g/mol. The molecule has 1 fully saturated rings. The van der Waals surface area contributed by atoms with Crippen molar-refractivity contribution in [3.8, 4) is 11.4 Å². The van der Waals surface area contributed by atoms with Gasteiger partial charge >= 0.3 is 0 Å². The Morgan fingerprint density at radius 1 is 1.06 bits per heavy atom. The molecule has 2 aromatic carbocycles. The number of carbonyl (C=O) groups excluding carboxylic acids is 1. The Balaban J connectivity index is 1.25. The van der Waals surface area contributed by atoms with E-state index in [0.29, 0.717) is 24.8 Å². The lowest BCUT2D eigenvalue weighted by Crippen LogP contribution is -2.48. The van der Waals surface area contributed by atoms with Gasteiger partial charge in [0, 0.05) is 37.4 Å². The predicted molar refractivity (Wildman–Crippen MR) is 116 cm³/mol. The van der Waals surface area contributed by atoms with Crippen LogP contribution in [0.4, 0.5) is 10.1 Å². The molecule has 1 aliphatic rings. The molecule has 0 saturated carbocycles. The molecule has 0 radical (unpaired) electrons. The molecule has 162 valence electrons. The smallest absolute Gasteiger partial charge is 0.241 e. The van der Waals surface area contributed by atoms with Crippen LogP contribution in [0.15, 0.2) is 47.0 Å². The molecule has 1 N–H and O–H groups in total. The number of amides is 1. The van der Waals surface area contributed by atoms with Gasteiger partial charge in [-0.2, -0.15) is 4.98 Å². The third-order valence-corrected chi connectivity index (χ3v) is 5.64. The standard InChI is InChI=1S/C23H26FN5O2/c1-16-4-3-5-20(17(16)2)25-21(30)14-28-10-12-29(13-11-28)15-22-26-23(27-31-22)18-6-8-19(24)9-7-18/h3-9H,10-15H2,1-2H3,(H,25,30). The Labute approximate surface area is 180 Å². The van der Waals surface area contributed by atoms with Crippen molar-refractivity contribution in [1.82, 2.24) is 19.9 Å². The van der Waals surface area contributed by atoms with Crippen molar-refractivity contribution >= 4 is 11.6 Å². The first-order valence-electron chi connectivity index (χ1n) is 10.4. The maximum atomic E-state index is 13.1. The lowest BCUT2D eigenvalue weighted by atomic mass is 10.1. The van der Waals surface area contributed by atoms with Crippen molar-refractivity contribution in [2.45, 2.75) is 20.4 Å². The Bertz CT molecular complexity index is 1040. The van der Waals surface area contributed by atoms with Gasteiger partial charge in [-0.05, 0) is 55.3 Å². The Kier molecular flexibility index (Phi) is 6.39. The second-order valence-electron chi connectivity index (χ2n) is 7.87. The highest BCUT2D eigenvalue weighted by Crippen LogP contribution is 2.19. The molecule has 1 saturated heterocycles. The van der Waals surface area contributed by atoms with Gasteiger partial charge in [-0.3, -0.25) is 14.6 Å². The van der Waals surface area contributed by atoms with Crippen molar-refractivity contribution in [1.29, 1.82) is 0 Å². The highest BCUT2D eigenvalue weighted by molar-refractivity contribution is 5.93. The van der Waals surface area contributed by atoms with E-state index in [1.54, 1.807) is 12.1 Å². The third kappa shape index (κ3) is 5.34. The minimum atomic E-state index is -0.298. The molecular formula is C23H26FN5O2. The fourth-order valence-corrected chi connectivity index (χ4v) is 3.61. The van der Waals surface area contributed by atoms with Crippen molar-refractivity contribution in [2.24, 2.45) is 0 Å². The van der Waals surface area contributed by atoms with Crippen LogP contribution in [0.3, 0.4) is 0 Å². The molecule has 2 heterocycles. The number of hydrogen-bond acceptors (Lipinski definition) is 6. The minimum absolute atomic E-state index is 0.00277. The molecule has 8 heteroatoms. The third-order valence-electron chi connectivity index (χ3n) is 5.64. The van der Waals surface area contributed by atoms with Crippen molar-refractivity contribution in [3.05, 3.63) is 65.3 Å². The van der Waals surface area contributed by atoms with E-state index in [1.807, 2.05) is 32.0 Å². The first-order valence-corrected chi connectivity index (χ1v) is 10.4. The summed E-state index contributed by atoms with van der Waals surface area (Å²) in [5, 5.41) is 7.01. The zero-order chi connectivity index (χ0) is 21.8. The highest BCUT2D eigenvalue weighted by atomic mass is 19.1. The van der Waals surface area contributed by atoms with Gasteiger partial charge in [0.1, 0.15) is 5.82 Å². The van der Waals surface area contributed by atoms with Gasteiger partial charge in [0.25, 0.3) is 0 Å². The summed E-state index contributed by atoms with van der Waals surface area (Å²) in [6.45, 7) is 8.18.